The van der Waals surface area contributed by atoms with Crippen LogP contribution in [0.15, 0.2) is 42.5 Å². The van der Waals surface area contributed by atoms with Crippen LogP contribution in [0.5, 0.6) is 0 Å². The lowest BCUT2D eigenvalue weighted by molar-refractivity contribution is -0.139. The molecule has 19 heavy (non-hydrogen) atoms. The van der Waals surface area contributed by atoms with Gasteiger partial charge in [-0.15, -0.1) is 0 Å². The van der Waals surface area contributed by atoms with Crippen LogP contribution in [0.1, 0.15) is 5.56 Å². The van der Waals surface area contributed by atoms with Crippen LogP contribution < -0.4 is 11.1 Å². The molecule has 0 aliphatic carbocycles. The standard InChI is InChI=1S/C13H10F4N2/c14-12-6-5-10(7-11(12)13(15,16)17)19-9-3-1-8(18)2-4-9/h1-7,19H,18H2. The Bertz CT molecular complexity index is 576. The van der Waals surface area contributed by atoms with Gasteiger partial charge in [0.1, 0.15) is 5.82 Å². The molecule has 2 rings (SSSR count). The molecule has 0 saturated carbocycles. The number of anilines is 3. The maximum atomic E-state index is 13.1. The van der Waals surface area contributed by atoms with E-state index in [9.17, 15) is 17.6 Å². The van der Waals surface area contributed by atoms with E-state index in [4.69, 9.17) is 5.73 Å². The van der Waals surface area contributed by atoms with Crippen molar-refractivity contribution in [2.75, 3.05) is 11.1 Å². The Labute approximate surface area is 106 Å². The van der Waals surface area contributed by atoms with E-state index < -0.39 is 17.6 Å². The smallest absolute Gasteiger partial charge is 0.399 e. The number of nitrogens with one attached hydrogen (secondary N) is 1. The number of nitrogen functional groups attached to an aromatic ring is 1. The first-order valence-corrected chi connectivity index (χ1v) is 5.35. The summed E-state index contributed by atoms with van der Waals surface area (Å²) in [5, 5.41) is 2.75. The molecule has 2 aromatic carbocycles. The molecule has 6 heteroatoms. The van der Waals surface area contributed by atoms with E-state index in [1.807, 2.05) is 0 Å². The second-order valence-corrected chi connectivity index (χ2v) is 3.94. The van der Waals surface area contributed by atoms with E-state index in [-0.39, 0.29) is 5.69 Å². The molecule has 0 spiro atoms. The predicted molar refractivity (Wildman–Crippen MR) is 65.5 cm³/mol. The lowest BCUT2D eigenvalue weighted by Gasteiger charge is -2.11. The largest absolute Gasteiger partial charge is 0.419 e. The Morgan fingerprint density at radius 3 is 2.05 bits per heavy atom. The van der Waals surface area contributed by atoms with Gasteiger partial charge in [-0.1, -0.05) is 0 Å². The van der Waals surface area contributed by atoms with E-state index >= 15 is 0 Å². The minimum Gasteiger partial charge on any atom is -0.399 e. The summed E-state index contributed by atoms with van der Waals surface area (Å²) in [5.74, 6) is -1.30. The van der Waals surface area contributed by atoms with Crippen LogP contribution >= 0.6 is 0 Å². The lowest BCUT2D eigenvalue weighted by Crippen LogP contribution is -2.08. The van der Waals surface area contributed by atoms with E-state index in [1.165, 1.54) is 6.07 Å². The molecule has 2 nitrogen and oxygen atoms in total. The van der Waals surface area contributed by atoms with Crippen molar-refractivity contribution in [1.82, 2.24) is 0 Å². The van der Waals surface area contributed by atoms with Gasteiger partial charge in [0.2, 0.25) is 0 Å². The summed E-state index contributed by atoms with van der Waals surface area (Å²) in [6, 6.07) is 9.19. The molecule has 0 heterocycles. The zero-order valence-electron chi connectivity index (χ0n) is 9.63. The molecular formula is C13H10F4N2. The van der Waals surface area contributed by atoms with Gasteiger partial charge in [0.15, 0.2) is 0 Å². The number of halogens is 4. The zero-order chi connectivity index (χ0) is 14.0. The van der Waals surface area contributed by atoms with Crippen molar-refractivity contribution in [1.29, 1.82) is 0 Å². The van der Waals surface area contributed by atoms with Gasteiger partial charge in [0.25, 0.3) is 0 Å². The Morgan fingerprint density at radius 2 is 1.47 bits per heavy atom. The molecule has 3 N–H and O–H groups in total. The molecule has 0 saturated heterocycles. The molecule has 0 atom stereocenters. The van der Waals surface area contributed by atoms with Crippen LogP contribution in [-0.2, 0) is 6.18 Å². The molecule has 0 bridgehead atoms. The minimum atomic E-state index is -4.72. The maximum absolute atomic E-state index is 13.1. The van der Waals surface area contributed by atoms with Crippen LogP contribution in [0.2, 0.25) is 0 Å². The molecule has 0 aliphatic heterocycles. The third-order valence-electron chi connectivity index (χ3n) is 2.47. The van der Waals surface area contributed by atoms with Crippen LogP contribution in [0.25, 0.3) is 0 Å². The molecule has 0 unspecified atom stereocenters. The quantitative estimate of drug-likeness (QED) is 0.635. The van der Waals surface area contributed by atoms with E-state index in [0.717, 1.165) is 12.1 Å². The van der Waals surface area contributed by atoms with E-state index in [1.54, 1.807) is 24.3 Å². The van der Waals surface area contributed by atoms with Crippen LogP contribution in [0.4, 0.5) is 34.6 Å². The average Bonchev–Trinajstić information content (AvgIpc) is 2.33. The summed E-state index contributed by atoms with van der Waals surface area (Å²) in [5.41, 5.74) is 5.45. The van der Waals surface area contributed by atoms with Crippen molar-refractivity contribution in [2.24, 2.45) is 0 Å². The van der Waals surface area contributed by atoms with E-state index in [2.05, 4.69) is 5.32 Å². The first-order valence-electron chi connectivity index (χ1n) is 5.35. The molecular weight excluding hydrogens is 260 g/mol. The Balaban J connectivity index is 2.29. The molecule has 0 aromatic heterocycles. The van der Waals surface area contributed by atoms with E-state index in [0.29, 0.717) is 11.4 Å². The number of rotatable bonds is 2. The van der Waals surface area contributed by atoms with Crippen LogP contribution in [0.3, 0.4) is 0 Å². The fraction of sp³-hybridized carbons (Fsp3) is 0.0769. The monoisotopic (exact) mass is 270 g/mol. The lowest BCUT2D eigenvalue weighted by atomic mass is 10.1. The summed E-state index contributed by atoms with van der Waals surface area (Å²) >= 11 is 0. The molecule has 0 radical (unpaired) electrons. The highest BCUT2D eigenvalue weighted by atomic mass is 19.4. The molecule has 0 aliphatic rings. The topological polar surface area (TPSA) is 38.0 Å². The highest BCUT2D eigenvalue weighted by molar-refractivity contribution is 5.62. The number of benzene rings is 2. The SMILES string of the molecule is Nc1ccc(Nc2ccc(F)c(C(F)(F)F)c2)cc1. The first-order chi connectivity index (χ1) is 8.86. The van der Waals surface area contributed by atoms with Gasteiger partial charge >= 0.3 is 6.18 Å². The van der Waals surface area contributed by atoms with Crippen molar-refractivity contribution >= 4 is 17.1 Å². The average molecular weight is 270 g/mol. The molecule has 0 amide bonds. The summed E-state index contributed by atoms with van der Waals surface area (Å²) in [4.78, 5) is 0. The van der Waals surface area contributed by atoms with Crippen molar-refractivity contribution in [3.63, 3.8) is 0 Å². The summed E-state index contributed by atoms with van der Waals surface area (Å²) in [7, 11) is 0. The van der Waals surface area contributed by atoms with Crippen molar-refractivity contribution < 1.29 is 17.6 Å². The maximum Gasteiger partial charge on any atom is 0.419 e. The number of nitrogens with two attached hydrogens (primary N) is 1. The summed E-state index contributed by atoms with van der Waals surface area (Å²) < 4.78 is 50.7. The fourth-order valence-corrected chi connectivity index (χ4v) is 1.55. The van der Waals surface area contributed by atoms with Crippen LogP contribution in [-0.4, -0.2) is 0 Å². The van der Waals surface area contributed by atoms with Gasteiger partial charge in [0.05, 0.1) is 5.56 Å². The Morgan fingerprint density at radius 1 is 0.895 bits per heavy atom. The van der Waals surface area contributed by atoms with Crippen molar-refractivity contribution in [2.45, 2.75) is 6.18 Å². The van der Waals surface area contributed by atoms with Gasteiger partial charge in [0, 0.05) is 17.1 Å². The van der Waals surface area contributed by atoms with Gasteiger partial charge < -0.3 is 11.1 Å². The number of hydrogen-bond donors (Lipinski definition) is 2. The predicted octanol–water partition coefficient (Wildman–Crippen LogP) is 4.17. The van der Waals surface area contributed by atoms with Crippen molar-refractivity contribution in [3.8, 4) is 0 Å². The Kier molecular flexibility index (Phi) is 3.33. The zero-order valence-corrected chi connectivity index (χ0v) is 9.63. The summed E-state index contributed by atoms with van der Waals surface area (Å²) in [6.45, 7) is 0. The number of alkyl halides is 3. The highest BCUT2D eigenvalue weighted by Crippen LogP contribution is 2.33. The fourth-order valence-electron chi connectivity index (χ4n) is 1.55. The molecule has 100 valence electrons. The van der Waals surface area contributed by atoms with Gasteiger partial charge in [-0.25, -0.2) is 4.39 Å². The third kappa shape index (κ3) is 3.15. The molecule has 2 aromatic rings. The third-order valence-corrected chi connectivity index (χ3v) is 2.47. The second-order valence-electron chi connectivity index (χ2n) is 3.94. The van der Waals surface area contributed by atoms with Gasteiger partial charge in [-0.2, -0.15) is 13.2 Å². The van der Waals surface area contributed by atoms with Crippen LogP contribution in [0, 0.1) is 5.82 Å². The first kappa shape index (κ1) is 13.2. The van der Waals surface area contributed by atoms with Gasteiger partial charge in [-0.3, -0.25) is 0 Å². The minimum absolute atomic E-state index is 0.151. The number of hydrogen-bond acceptors (Lipinski definition) is 2. The van der Waals surface area contributed by atoms with Gasteiger partial charge in [-0.05, 0) is 42.5 Å². The van der Waals surface area contributed by atoms with Crippen molar-refractivity contribution in [3.05, 3.63) is 53.8 Å². The molecule has 0 fully saturated rings. The normalized spacial score (nSPS) is 11.4. The summed E-state index contributed by atoms with van der Waals surface area (Å²) in [6.07, 6.45) is -4.72. The second kappa shape index (κ2) is 4.79. The highest BCUT2D eigenvalue weighted by Gasteiger charge is 2.34. The Hall–Kier alpha value is -2.24.